The van der Waals surface area contributed by atoms with Crippen molar-refractivity contribution in [3.63, 3.8) is 0 Å². The van der Waals surface area contributed by atoms with Gasteiger partial charge >= 0.3 is 0 Å². The van der Waals surface area contributed by atoms with Crippen LogP contribution in [0.2, 0.25) is 0 Å². The number of hydrogen-bond acceptors (Lipinski definition) is 0. The molecule has 0 bridgehead atoms. The third kappa shape index (κ3) is 9.79. The average Bonchev–Trinajstić information content (AvgIpc) is 2.40. The van der Waals surface area contributed by atoms with E-state index in [2.05, 4.69) is 81.4 Å². The average molecular weight is 325 g/mol. The van der Waals surface area contributed by atoms with Crippen molar-refractivity contribution in [2.24, 2.45) is 0 Å². The molecule has 1 aromatic carbocycles. The first kappa shape index (κ1) is 24.4. The maximum Gasteiger partial charge on any atom is 0.0891 e. The molecular formula is C22H41F. The third-order valence-corrected chi connectivity index (χ3v) is 3.53. The molecule has 0 fully saturated rings. The summed E-state index contributed by atoms with van der Waals surface area (Å²) in [7, 11) is 0. The van der Waals surface area contributed by atoms with Crippen LogP contribution in [0, 0.1) is 13.8 Å². The zero-order valence-electron chi connectivity index (χ0n) is 17.7. The summed E-state index contributed by atoms with van der Waals surface area (Å²) in [5.41, 5.74) is 6.25. The molecule has 1 aromatic rings. The van der Waals surface area contributed by atoms with Crippen molar-refractivity contribution in [1.82, 2.24) is 0 Å². The Morgan fingerprint density at radius 1 is 0.826 bits per heavy atom. The lowest BCUT2D eigenvalue weighted by Crippen LogP contribution is -2.18. The molecule has 0 aromatic heterocycles. The van der Waals surface area contributed by atoms with Gasteiger partial charge in [0.25, 0.3) is 0 Å². The minimum atomic E-state index is -0.181. The summed E-state index contributed by atoms with van der Waals surface area (Å²) in [6.45, 7) is 24.1. The summed E-state index contributed by atoms with van der Waals surface area (Å²) in [6.07, 6.45) is 1.90. The van der Waals surface area contributed by atoms with E-state index in [-0.39, 0.29) is 17.5 Å². The molecule has 0 aliphatic rings. The van der Waals surface area contributed by atoms with Crippen LogP contribution < -0.4 is 0 Å². The Kier molecular flexibility index (Phi) is 11.5. The zero-order valence-corrected chi connectivity index (χ0v) is 17.7. The Bertz CT molecular complexity index is 429. The van der Waals surface area contributed by atoms with Gasteiger partial charge in [-0.05, 0) is 53.4 Å². The summed E-state index contributed by atoms with van der Waals surface area (Å²) in [6, 6.07) is 4.73. The van der Waals surface area contributed by atoms with Crippen molar-refractivity contribution in [3.05, 3.63) is 34.4 Å². The number of halogens is 1. The molecule has 0 nitrogen and oxygen atoms in total. The van der Waals surface area contributed by atoms with E-state index in [1.807, 2.05) is 0 Å². The van der Waals surface area contributed by atoms with Gasteiger partial charge in [-0.15, -0.1) is 0 Å². The molecule has 0 aliphatic carbocycles. The third-order valence-electron chi connectivity index (χ3n) is 3.53. The second-order valence-corrected chi connectivity index (χ2v) is 8.36. The van der Waals surface area contributed by atoms with Gasteiger partial charge in [0.15, 0.2) is 0 Å². The van der Waals surface area contributed by atoms with E-state index in [0.717, 1.165) is 0 Å². The van der Waals surface area contributed by atoms with Gasteiger partial charge in [0.2, 0.25) is 0 Å². The molecule has 0 heterocycles. The first-order valence-corrected chi connectivity index (χ1v) is 9.04. The number of aryl methyl sites for hydroxylation is 1. The van der Waals surface area contributed by atoms with Gasteiger partial charge in [-0.1, -0.05) is 80.9 Å². The van der Waals surface area contributed by atoms with Crippen LogP contribution in [0.4, 0.5) is 4.39 Å². The van der Waals surface area contributed by atoms with E-state index in [9.17, 15) is 4.39 Å². The van der Waals surface area contributed by atoms with Gasteiger partial charge in [0.05, 0.1) is 6.67 Å². The number of rotatable bonds is 1. The Labute approximate surface area is 145 Å². The molecule has 1 rings (SSSR count). The number of hydrogen-bond donors (Lipinski definition) is 0. The van der Waals surface area contributed by atoms with Crippen molar-refractivity contribution in [2.75, 3.05) is 6.67 Å². The lowest BCUT2D eigenvalue weighted by atomic mass is 9.77. The van der Waals surface area contributed by atoms with Gasteiger partial charge < -0.3 is 0 Å². The summed E-state index contributed by atoms with van der Waals surface area (Å²) in [5, 5.41) is 0. The summed E-state index contributed by atoms with van der Waals surface area (Å²) >= 11 is 0. The largest absolute Gasteiger partial charge is 0.251 e. The van der Waals surface area contributed by atoms with Gasteiger partial charge in [-0.3, -0.25) is 4.39 Å². The van der Waals surface area contributed by atoms with Crippen LogP contribution in [-0.4, -0.2) is 6.67 Å². The van der Waals surface area contributed by atoms with E-state index in [4.69, 9.17) is 0 Å². The predicted octanol–water partition coefficient (Wildman–Crippen LogP) is 7.68. The molecule has 0 atom stereocenters. The van der Waals surface area contributed by atoms with Crippen LogP contribution in [0.5, 0.6) is 0 Å². The number of benzene rings is 1. The Morgan fingerprint density at radius 3 is 1.48 bits per heavy atom. The van der Waals surface area contributed by atoms with Crippen LogP contribution in [0.1, 0.15) is 97.4 Å². The highest BCUT2D eigenvalue weighted by Crippen LogP contribution is 2.32. The van der Waals surface area contributed by atoms with Gasteiger partial charge in [0, 0.05) is 0 Å². The maximum absolute atomic E-state index is 10.7. The van der Waals surface area contributed by atoms with Crippen LogP contribution in [0.3, 0.4) is 0 Å². The smallest absolute Gasteiger partial charge is 0.0891 e. The summed E-state index contributed by atoms with van der Waals surface area (Å²) in [4.78, 5) is 0. The summed E-state index contributed by atoms with van der Waals surface area (Å²) < 4.78 is 10.7. The van der Waals surface area contributed by atoms with Crippen molar-refractivity contribution in [2.45, 2.75) is 99.8 Å². The first-order valence-electron chi connectivity index (χ1n) is 9.04. The quantitative estimate of drug-likeness (QED) is 0.497. The van der Waals surface area contributed by atoms with Crippen molar-refractivity contribution < 1.29 is 4.39 Å². The van der Waals surface area contributed by atoms with Gasteiger partial charge in [-0.25, -0.2) is 0 Å². The van der Waals surface area contributed by atoms with Crippen LogP contribution in [0.25, 0.3) is 0 Å². The van der Waals surface area contributed by atoms with Crippen molar-refractivity contribution in [1.29, 1.82) is 0 Å². The SMILES string of the molecule is CCC.CCCF.Cc1cc(C(C)(C)C)cc(C(C)(C)C)c1C. The molecule has 0 aliphatic heterocycles. The highest BCUT2D eigenvalue weighted by atomic mass is 19.1. The van der Waals surface area contributed by atoms with Crippen molar-refractivity contribution >= 4 is 0 Å². The topological polar surface area (TPSA) is 0 Å². The van der Waals surface area contributed by atoms with Gasteiger partial charge in [0.1, 0.15) is 0 Å². The summed E-state index contributed by atoms with van der Waals surface area (Å²) in [5.74, 6) is 0. The molecule has 136 valence electrons. The van der Waals surface area contributed by atoms with Gasteiger partial charge in [-0.2, -0.15) is 0 Å². The highest BCUT2D eigenvalue weighted by Gasteiger charge is 2.21. The molecular weight excluding hydrogens is 283 g/mol. The Morgan fingerprint density at radius 2 is 1.22 bits per heavy atom. The first-order chi connectivity index (χ1) is 10.4. The fourth-order valence-electron chi connectivity index (χ4n) is 2.07. The van der Waals surface area contributed by atoms with Crippen LogP contribution in [0.15, 0.2) is 12.1 Å². The van der Waals surface area contributed by atoms with E-state index in [0.29, 0.717) is 6.42 Å². The maximum atomic E-state index is 10.7. The molecule has 0 radical (unpaired) electrons. The molecule has 0 unspecified atom stereocenters. The fraction of sp³-hybridized carbons (Fsp3) is 0.727. The van der Waals surface area contributed by atoms with E-state index >= 15 is 0 Å². The van der Waals surface area contributed by atoms with Crippen molar-refractivity contribution in [3.8, 4) is 0 Å². The molecule has 0 saturated carbocycles. The highest BCUT2D eigenvalue weighted by molar-refractivity contribution is 5.43. The molecule has 23 heavy (non-hydrogen) atoms. The second-order valence-electron chi connectivity index (χ2n) is 8.36. The molecule has 0 spiro atoms. The second kappa shape index (κ2) is 10.8. The lowest BCUT2D eigenvalue weighted by molar-refractivity contribution is 0.487. The van der Waals surface area contributed by atoms with E-state index in [1.54, 1.807) is 6.92 Å². The minimum Gasteiger partial charge on any atom is -0.251 e. The molecule has 1 heteroatoms. The Hall–Kier alpha value is -0.850. The standard InChI is InChI=1S/C16H26.C3H7F.C3H8/c1-11-9-13(15(3,4)5)10-14(12(11)2)16(6,7)8;1-2-3-4;1-3-2/h9-10H,1-8H3;2-3H2,1H3;3H2,1-2H3. The normalized spacial score (nSPS) is 11.1. The molecule has 0 N–H and O–H groups in total. The lowest BCUT2D eigenvalue weighted by Gasteiger charge is -2.28. The fourth-order valence-corrected chi connectivity index (χ4v) is 2.07. The van der Waals surface area contributed by atoms with E-state index < -0.39 is 0 Å². The zero-order chi connectivity index (χ0) is 18.8. The minimum absolute atomic E-state index is 0.181. The van der Waals surface area contributed by atoms with E-state index in [1.165, 1.54) is 28.7 Å². The predicted molar refractivity (Wildman–Crippen MR) is 106 cm³/mol. The van der Waals surface area contributed by atoms with Crippen LogP contribution in [-0.2, 0) is 10.8 Å². The number of alkyl halides is 1. The monoisotopic (exact) mass is 324 g/mol. The van der Waals surface area contributed by atoms with Crippen LogP contribution >= 0.6 is 0 Å². The molecule has 0 amide bonds. The Balaban J connectivity index is 0. The molecule has 0 saturated heterocycles.